The Bertz CT molecular complexity index is 708. The minimum absolute atomic E-state index is 0.0711. The molecular formula is C18H18N2O2. The molecule has 5 rings (SSSR count). The van der Waals surface area contributed by atoms with E-state index in [-0.39, 0.29) is 12.5 Å². The lowest BCUT2D eigenvalue weighted by Crippen LogP contribution is -2.60. The summed E-state index contributed by atoms with van der Waals surface area (Å²) in [6, 6.07) is 12.8. The third-order valence-corrected chi connectivity index (χ3v) is 4.79. The van der Waals surface area contributed by atoms with Crippen molar-refractivity contribution >= 4 is 11.4 Å². The van der Waals surface area contributed by atoms with Gasteiger partial charge in [0.05, 0.1) is 11.4 Å². The zero-order valence-electron chi connectivity index (χ0n) is 12.7. The second-order valence-electron chi connectivity index (χ2n) is 6.35. The monoisotopic (exact) mass is 294 g/mol. The third kappa shape index (κ3) is 1.52. The zero-order valence-corrected chi connectivity index (χ0v) is 12.7. The van der Waals surface area contributed by atoms with Crippen molar-refractivity contribution in [3.05, 3.63) is 47.5 Å². The average Bonchev–Trinajstić information content (AvgIpc) is 3.03. The van der Waals surface area contributed by atoms with Gasteiger partial charge in [-0.25, -0.2) is 0 Å². The van der Waals surface area contributed by atoms with E-state index < -0.39 is 0 Å². The fourth-order valence-corrected chi connectivity index (χ4v) is 3.70. The van der Waals surface area contributed by atoms with Gasteiger partial charge in [0.2, 0.25) is 12.5 Å². The van der Waals surface area contributed by atoms with Gasteiger partial charge in [0.25, 0.3) is 0 Å². The first-order valence-corrected chi connectivity index (χ1v) is 7.79. The highest BCUT2D eigenvalue weighted by molar-refractivity contribution is 5.69. The van der Waals surface area contributed by atoms with Gasteiger partial charge in [-0.3, -0.25) is 0 Å². The number of ether oxygens (including phenoxy) is 2. The van der Waals surface area contributed by atoms with E-state index >= 15 is 0 Å². The Morgan fingerprint density at radius 3 is 1.68 bits per heavy atom. The van der Waals surface area contributed by atoms with E-state index in [1.165, 1.54) is 22.5 Å². The van der Waals surface area contributed by atoms with E-state index in [1.54, 1.807) is 0 Å². The molecule has 4 nitrogen and oxygen atoms in total. The molecule has 0 radical (unpaired) electrons. The predicted molar refractivity (Wildman–Crippen MR) is 85.9 cm³/mol. The number of nitrogens with zero attached hydrogens (tertiary/aromatic N) is 2. The van der Waals surface area contributed by atoms with Crippen LogP contribution in [0.4, 0.5) is 11.4 Å². The van der Waals surface area contributed by atoms with Crippen molar-refractivity contribution in [3.63, 3.8) is 0 Å². The van der Waals surface area contributed by atoms with Crippen molar-refractivity contribution in [2.45, 2.75) is 26.3 Å². The number of rotatable bonds is 0. The first-order chi connectivity index (χ1) is 10.7. The summed E-state index contributed by atoms with van der Waals surface area (Å²) in [4.78, 5) is 4.66. The highest BCUT2D eigenvalue weighted by atomic mass is 16.6. The largest absolute Gasteiger partial charge is 0.462 e. The molecule has 4 heteroatoms. The number of anilines is 2. The molecular weight excluding hydrogens is 276 g/mol. The first-order valence-electron chi connectivity index (χ1n) is 7.79. The van der Waals surface area contributed by atoms with E-state index in [1.807, 2.05) is 0 Å². The lowest BCUT2D eigenvalue weighted by atomic mass is 10.1. The molecule has 1 saturated heterocycles. The molecule has 0 N–H and O–H groups in total. The van der Waals surface area contributed by atoms with Crippen molar-refractivity contribution in [2.24, 2.45) is 0 Å². The Morgan fingerprint density at radius 1 is 0.773 bits per heavy atom. The van der Waals surface area contributed by atoms with Gasteiger partial charge in [-0.1, -0.05) is 12.1 Å². The van der Waals surface area contributed by atoms with Crippen LogP contribution in [0.3, 0.4) is 0 Å². The van der Waals surface area contributed by atoms with Gasteiger partial charge in [-0.15, -0.1) is 0 Å². The van der Waals surface area contributed by atoms with Gasteiger partial charge in [0.1, 0.15) is 11.5 Å². The van der Waals surface area contributed by atoms with Crippen LogP contribution in [0, 0.1) is 13.8 Å². The number of hydrogen-bond donors (Lipinski definition) is 0. The van der Waals surface area contributed by atoms with Crippen LogP contribution in [-0.4, -0.2) is 25.5 Å². The van der Waals surface area contributed by atoms with Crippen LogP contribution in [0.1, 0.15) is 11.1 Å². The maximum absolute atomic E-state index is 6.23. The van der Waals surface area contributed by atoms with Crippen molar-refractivity contribution in [1.82, 2.24) is 0 Å². The van der Waals surface area contributed by atoms with Crippen molar-refractivity contribution < 1.29 is 9.47 Å². The highest BCUT2D eigenvalue weighted by Crippen LogP contribution is 2.46. The van der Waals surface area contributed by atoms with Gasteiger partial charge in [0.15, 0.2) is 0 Å². The van der Waals surface area contributed by atoms with E-state index in [0.717, 1.165) is 24.6 Å². The minimum atomic E-state index is -0.0711. The lowest BCUT2D eigenvalue weighted by Gasteiger charge is -2.40. The lowest BCUT2D eigenvalue weighted by molar-refractivity contribution is 0.0649. The molecule has 0 spiro atoms. The van der Waals surface area contributed by atoms with E-state index in [0.29, 0.717) is 0 Å². The Morgan fingerprint density at radius 2 is 1.23 bits per heavy atom. The fraction of sp³-hybridized carbons (Fsp3) is 0.333. The topological polar surface area (TPSA) is 24.9 Å². The number of piperazine rings is 1. The van der Waals surface area contributed by atoms with Gasteiger partial charge >= 0.3 is 0 Å². The van der Waals surface area contributed by atoms with Crippen LogP contribution in [0.15, 0.2) is 36.4 Å². The standard InChI is InChI=1S/C18H18N2O2/c1-11-3-5-13-15(9-11)21-17-18-20(8-7-19(13)17)14-6-4-12(2)10-16(14)22-18/h3-6,9-10,17-18H,7-8H2,1-2H3/t17-,18-/m0/s1. The van der Waals surface area contributed by atoms with Crippen LogP contribution < -0.4 is 19.3 Å². The summed E-state index contributed by atoms with van der Waals surface area (Å²) < 4.78 is 12.5. The summed E-state index contributed by atoms with van der Waals surface area (Å²) in [5.41, 5.74) is 4.82. The van der Waals surface area contributed by atoms with E-state index in [4.69, 9.17) is 9.47 Å². The van der Waals surface area contributed by atoms with Crippen LogP contribution in [0.25, 0.3) is 0 Å². The molecule has 2 aromatic carbocycles. The Balaban J connectivity index is 1.53. The minimum Gasteiger partial charge on any atom is -0.462 e. The molecule has 112 valence electrons. The summed E-state index contributed by atoms with van der Waals surface area (Å²) in [5.74, 6) is 1.95. The summed E-state index contributed by atoms with van der Waals surface area (Å²) in [5, 5.41) is 0. The molecule has 0 aromatic heterocycles. The number of aryl methyl sites for hydroxylation is 2. The van der Waals surface area contributed by atoms with Gasteiger partial charge in [-0.2, -0.15) is 0 Å². The Hall–Kier alpha value is -2.36. The normalized spacial score (nSPS) is 24.1. The molecule has 1 fully saturated rings. The van der Waals surface area contributed by atoms with Crippen LogP contribution in [-0.2, 0) is 0 Å². The number of benzene rings is 2. The summed E-state index contributed by atoms with van der Waals surface area (Å²) in [6.07, 6.45) is -0.142. The second kappa shape index (κ2) is 4.09. The summed E-state index contributed by atoms with van der Waals surface area (Å²) in [6.45, 7) is 6.09. The van der Waals surface area contributed by atoms with Crippen LogP contribution in [0.2, 0.25) is 0 Å². The SMILES string of the molecule is Cc1ccc2c(c1)O[C@H]1[C@@H]3Oc4cc(C)ccc4N3CCN21. The second-order valence-corrected chi connectivity index (χ2v) is 6.35. The van der Waals surface area contributed by atoms with Gasteiger partial charge < -0.3 is 19.3 Å². The third-order valence-electron chi connectivity index (χ3n) is 4.79. The maximum atomic E-state index is 6.23. The van der Waals surface area contributed by atoms with Crippen LogP contribution >= 0.6 is 0 Å². The van der Waals surface area contributed by atoms with Crippen molar-refractivity contribution in [3.8, 4) is 11.5 Å². The van der Waals surface area contributed by atoms with Crippen molar-refractivity contribution in [2.75, 3.05) is 22.9 Å². The molecule has 2 aromatic rings. The maximum Gasteiger partial charge on any atom is 0.229 e. The van der Waals surface area contributed by atoms with E-state index in [9.17, 15) is 0 Å². The van der Waals surface area contributed by atoms with Gasteiger partial charge in [-0.05, 0) is 49.2 Å². The Labute approximate surface area is 129 Å². The smallest absolute Gasteiger partial charge is 0.229 e. The molecule has 0 amide bonds. The quantitative estimate of drug-likeness (QED) is 0.745. The van der Waals surface area contributed by atoms with Crippen molar-refractivity contribution in [1.29, 1.82) is 0 Å². The highest BCUT2D eigenvalue weighted by Gasteiger charge is 2.48. The molecule has 0 saturated carbocycles. The molecule has 0 bridgehead atoms. The fourth-order valence-electron chi connectivity index (χ4n) is 3.70. The first kappa shape index (κ1) is 12.2. The Kier molecular flexibility index (Phi) is 2.27. The molecule has 2 atom stereocenters. The predicted octanol–water partition coefficient (Wildman–Crippen LogP) is 3.07. The molecule has 0 unspecified atom stereocenters. The number of fused-ring (bicyclic) bond motifs is 7. The zero-order chi connectivity index (χ0) is 14.8. The molecule has 22 heavy (non-hydrogen) atoms. The average molecular weight is 294 g/mol. The van der Waals surface area contributed by atoms with Gasteiger partial charge in [0, 0.05) is 13.1 Å². The van der Waals surface area contributed by atoms with Crippen LogP contribution in [0.5, 0.6) is 11.5 Å². The molecule has 3 heterocycles. The summed E-state index contributed by atoms with van der Waals surface area (Å²) >= 11 is 0. The molecule has 3 aliphatic rings. The molecule has 0 aliphatic carbocycles. The number of hydrogen-bond acceptors (Lipinski definition) is 4. The molecule has 3 aliphatic heterocycles. The summed E-state index contributed by atoms with van der Waals surface area (Å²) in [7, 11) is 0. The van der Waals surface area contributed by atoms with E-state index in [2.05, 4.69) is 60.0 Å².